The third-order valence-electron chi connectivity index (χ3n) is 2.02. The molecule has 66 valence electrons. The highest BCUT2D eigenvalue weighted by Crippen LogP contribution is 2.23. The molecule has 1 aromatic heterocycles. The Morgan fingerprint density at radius 2 is 2.33 bits per heavy atom. The molecule has 0 spiro atoms. The number of pyridine rings is 1. The molecule has 0 aromatic carbocycles. The van der Waals surface area contributed by atoms with Gasteiger partial charge < -0.3 is 0 Å². The van der Waals surface area contributed by atoms with Gasteiger partial charge >= 0.3 is 0 Å². The summed E-state index contributed by atoms with van der Waals surface area (Å²) in [6, 6.07) is 4.28. The molecule has 0 aliphatic rings. The van der Waals surface area contributed by atoms with Gasteiger partial charge in [0.15, 0.2) is 0 Å². The highest BCUT2D eigenvalue weighted by molar-refractivity contribution is 7.98. The van der Waals surface area contributed by atoms with Gasteiger partial charge in [0.05, 0.1) is 5.69 Å². The van der Waals surface area contributed by atoms with Crippen LogP contribution in [0.1, 0.15) is 30.4 Å². The quantitative estimate of drug-likeness (QED) is 0.710. The van der Waals surface area contributed by atoms with Gasteiger partial charge in [-0.15, -0.1) is 0 Å². The highest BCUT2D eigenvalue weighted by atomic mass is 32.2. The van der Waals surface area contributed by atoms with Crippen molar-refractivity contribution >= 4 is 11.8 Å². The van der Waals surface area contributed by atoms with Crippen LogP contribution in [-0.4, -0.2) is 11.2 Å². The van der Waals surface area contributed by atoms with Crippen LogP contribution in [-0.2, 0) is 6.42 Å². The molecule has 0 radical (unpaired) electrons. The predicted molar refractivity (Wildman–Crippen MR) is 55.5 cm³/mol. The maximum absolute atomic E-state index is 4.34. The van der Waals surface area contributed by atoms with E-state index in [0.717, 1.165) is 6.42 Å². The Hall–Kier alpha value is -0.500. The van der Waals surface area contributed by atoms with Crippen LogP contribution in [0, 0.1) is 0 Å². The standard InChI is InChI=1S/C10H15NS/c1-4-9-5-6-11-10(7-9)8(2)12-3/h5-8H,4H2,1-3H3. The van der Waals surface area contributed by atoms with E-state index in [1.807, 2.05) is 18.0 Å². The Labute approximate surface area is 78.6 Å². The van der Waals surface area contributed by atoms with Crippen molar-refractivity contribution in [2.24, 2.45) is 0 Å². The van der Waals surface area contributed by atoms with E-state index in [1.165, 1.54) is 11.3 Å². The van der Waals surface area contributed by atoms with Crippen LogP contribution in [0.15, 0.2) is 18.3 Å². The fourth-order valence-corrected chi connectivity index (χ4v) is 1.43. The largest absolute Gasteiger partial charge is 0.260 e. The maximum Gasteiger partial charge on any atom is 0.0533 e. The summed E-state index contributed by atoms with van der Waals surface area (Å²) in [5.74, 6) is 0. The van der Waals surface area contributed by atoms with Crippen molar-refractivity contribution in [1.29, 1.82) is 0 Å². The number of hydrogen-bond acceptors (Lipinski definition) is 2. The first kappa shape index (κ1) is 9.59. The van der Waals surface area contributed by atoms with Crippen LogP contribution >= 0.6 is 11.8 Å². The van der Waals surface area contributed by atoms with E-state index >= 15 is 0 Å². The second-order valence-corrected chi connectivity index (χ2v) is 4.00. The van der Waals surface area contributed by atoms with Crippen LogP contribution < -0.4 is 0 Å². The number of thioether (sulfide) groups is 1. The molecule has 12 heavy (non-hydrogen) atoms. The van der Waals surface area contributed by atoms with Crippen molar-refractivity contribution in [2.45, 2.75) is 25.5 Å². The summed E-state index contributed by atoms with van der Waals surface area (Å²) in [5.41, 5.74) is 2.57. The molecule has 2 heteroatoms. The molecule has 0 saturated carbocycles. The van der Waals surface area contributed by atoms with Gasteiger partial charge in [-0.3, -0.25) is 4.98 Å². The molecule has 0 saturated heterocycles. The van der Waals surface area contributed by atoms with E-state index in [2.05, 4.69) is 37.2 Å². The van der Waals surface area contributed by atoms with Crippen LogP contribution in [0.4, 0.5) is 0 Å². The molecular weight excluding hydrogens is 166 g/mol. The smallest absolute Gasteiger partial charge is 0.0533 e. The maximum atomic E-state index is 4.34. The predicted octanol–water partition coefficient (Wildman–Crippen LogP) is 3.07. The Morgan fingerprint density at radius 1 is 1.58 bits per heavy atom. The number of hydrogen-bond donors (Lipinski definition) is 0. The number of rotatable bonds is 3. The Morgan fingerprint density at radius 3 is 2.92 bits per heavy atom. The van der Waals surface area contributed by atoms with E-state index in [1.54, 1.807) is 0 Å². The zero-order chi connectivity index (χ0) is 8.97. The lowest BCUT2D eigenvalue weighted by molar-refractivity contribution is 0.986. The fraction of sp³-hybridized carbons (Fsp3) is 0.500. The minimum absolute atomic E-state index is 0.511. The topological polar surface area (TPSA) is 12.9 Å². The summed E-state index contributed by atoms with van der Waals surface area (Å²) in [5, 5.41) is 0.511. The summed E-state index contributed by atoms with van der Waals surface area (Å²) in [7, 11) is 0. The molecular formula is C10H15NS. The molecule has 1 rings (SSSR count). The average molecular weight is 181 g/mol. The second-order valence-electron chi connectivity index (χ2n) is 2.82. The lowest BCUT2D eigenvalue weighted by Crippen LogP contribution is -1.93. The zero-order valence-corrected chi connectivity index (χ0v) is 8.69. The first-order valence-electron chi connectivity index (χ1n) is 4.25. The fourth-order valence-electron chi connectivity index (χ4n) is 1.06. The summed E-state index contributed by atoms with van der Waals surface area (Å²) in [6.07, 6.45) is 5.11. The lowest BCUT2D eigenvalue weighted by Gasteiger charge is -2.07. The van der Waals surface area contributed by atoms with Crippen LogP contribution in [0.25, 0.3) is 0 Å². The summed E-state index contributed by atoms with van der Waals surface area (Å²) < 4.78 is 0. The van der Waals surface area contributed by atoms with Gasteiger partial charge in [0.25, 0.3) is 0 Å². The molecule has 1 atom stereocenters. The van der Waals surface area contributed by atoms with Crippen LogP contribution in [0.5, 0.6) is 0 Å². The van der Waals surface area contributed by atoms with Gasteiger partial charge in [0, 0.05) is 11.4 Å². The third kappa shape index (κ3) is 2.24. The first-order valence-corrected chi connectivity index (χ1v) is 5.54. The summed E-state index contributed by atoms with van der Waals surface area (Å²) in [6.45, 7) is 4.36. The molecule has 0 N–H and O–H groups in total. The molecule has 1 unspecified atom stereocenters. The van der Waals surface area contributed by atoms with Crippen molar-refractivity contribution in [3.8, 4) is 0 Å². The van der Waals surface area contributed by atoms with E-state index in [9.17, 15) is 0 Å². The van der Waals surface area contributed by atoms with Crippen molar-refractivity contribution in [3.63, 3.8) is 0 Å². The van der Waals surface area contributed by atoms with Gasteiger partial charge in [0.2, 0.25) is 0 Å². The Kier molecular flexibility index (Phi) is 3.60. The Balaban J connectivity index is 2.86. The molecule has 1 aromatic rings. The average Bonchev–Trinajstić information content (AvgIpc) is 2.17. The zero-order valence-electron chi connectivity index (χ0n) is 7.87. The van der Waals surface area contributed by atoms with Gasteiger partial charge in [0.1, 0.15) is 0 Å². The van der Waals surface area contributed by atoms with Gasteiger partial charge in [-0.2, -0.15) is 11.8 Å². The van der Waals surface area contributed by atoms with Crippen molar-refractivity contribution in [2.75, 3.05) is 6.26 Å². The molecule has 0 aliphatic heterocycles. The monoisotopic (exact) mass is 181 g/mol. The Bertz CT molecular complexity index is 247. The third-order valence-corrected chi connectivity index (χ3v) is 2.97. The van der Waals surface area contributed by atoms with Crippen LogP contribution in [0.2, 0.25) is 0 Å². The summed E-state index contributed by atoms with van der Waals surface area (Å²) in [4.78, 5) is 4.34. The van der Waals surface area contributed by atoms with Crippen LogP contribution in [0.3, 0.4) is 0 Å². The van der Waals surface area contributed by atoms with E-state index < -0.39 is 0 Å². The number of aryl methyl sites for hydroxylation is 1. The minimum atomic E-state index is 0.511. The van der Waals surface area contributed by atoms with Gasteiger partial charge in [-0.25, -0.2) is 0 Å². The normalized spacial score (nSPS) is 12.9. The number of aromatic nitrogens is 1. The molecule has 0 fully saturated rings. The highest BCUT2D eigenvalue weighted by Gasteiger charge is 2.04. The van der Waals surface area contributed by atoms with E-state index in [4.69, 9.17) is 0 Å². The van der Waals surface area contributed by atoms with Gasteiger partial charge in [-0.1, -0.05) is 6.92 Å². The second kappa shape index (κ2) is 4.51. The summed E-state index contributed by atoms with van der Waals surface area (Å²) >= 11 is 1.83. The van der Waals surface area contributed by atoms with Crippen molar-refractivity contribution in [1.82, 2.24) is 4.98 Å². The number of nitrogens with zero attached hydrogens (tertiary/aromatic N) is 1. The minimum Gasteiger partial charge on any atom is -0.260 e. The van der Waals surface area contributed by atoms with E-state index in [-0.39, 0.29) is 0 Å². The molecule has 1 nitrogen and oxygen atoms in total. The molecule has 1 heterocycles. The van der Waals surface area contributed by atoms with E-state index in [0.29, 0.717) is 5.25 Å². The molecule has 0 aliphatic carbocycles. The van der Waals surface area contributed by atoms with Crippen molar-refractivity contribution in [3.05, 3.63) is 29.6 Å². The van der Waals surface area contributed by atoms with Crippen molar-refractivity contribution < 1.29 is 0 Å². The molecule has 0 amide bonds. The van der Waals surface area contributed by atoms with Gasteiger partial charge in [-0.05, 0) is 37.3 Å². The lowest BCUT2D eigenvalue weighted by atomic mass is 10.1. The molecule has 0 bridgehead atoms. The first-order chi connectivity index (χ1) is 5.77. The SMILES string of the molecule is CCc1ccnc(C(C)SC)c1.